The van der Waals surface area contributed by atoms with Gasteiger partial charge in [0.25, 0.3) is 0 Å². The molecule has 0 atom stereocenters. The topological polar surface area (TPSA) is 49.8 Å². The molecular formula is C15H18ClNO3. The van der Waals surface area contributed by atoms with Crippen LogP contribution in [0.5, 0.6) is 0 Å². The number of hydrogen-bond acceptors (Lipinski definition) is 3. The van der Waals surface area contributed by atoms with Gasteiger partial charge in [-0.05, 0) is 30.5 Å². The lowest BCUT2D eigenvalue weighted by Gasteiger charge is -2.45. The van der Waals surface area contributed by atoms with Crippen molar-refractivity contribution in [2.75, 3.05) is 26.3 Å². The van der Waals surface area contributed by atoms with Crippen molar-refractivity contribution in [3.63, 3.8) is 0 Å². The molecule has 0 radical (unpaired) electrons. The predicted molar refractivity (Wildman–Crippen MR) is 75.8 cm³/mol. The zero-order valence-corrected chi connectivity index (χ0v) is 12.0. The second-order valence-electron chi connectivity index (χ2n) is 5.57. The molecule has 1 N–H and O–H groups in total. The van der Waals surface area contributed by atoms with Crippen LogP contribution < -0.4 is 0 Å². The van der Waals surface area contributed by atoms with Gasteiger partial charge in [0.05, 0.1) is 11.5 Å². The molecule has 0 saturated carbocycles. The first kappa shape index (κ1) is 13.9. The number of likely N-dealkylation sites (tertiary alicyclic amines) is 1. The van der Waals surface area contributed by atoms with Gasteiger partial charge in [-0.3, -0.25) is 4.79 Å². The number of aliphatic hydroxyl groups excluding tert-OH is 1. The van der Waals surface area contributed by atoms with Crippen LogP contribution in [-0.2, 0) is 14.9 Å². The monoisotopic (exact) mass is 295 g/mol. The number of carbonyl (C=O) groups excluding carboxylic acids is 1. The van der Waals surface area contributed by atoms with Gasteiger partial charge in [-0.15, -0.1) is 0 Å². The Balaban J connectivity index is 1.94. The lowest BCUT2D eigenvalue weighted by Crippen LogP contribution is -2.60. The molecule has 1 aromatic carbocycles. The van der Waals surface area contributed by atoms with Gasteiger partial charge in [-0.25, -0.2) is 0 Å². The van der Waals surface area contributed by atoms with Crippen LogP contribution in [0.15, 0.2) is 24.3 Å². The maximum atomic E-state index is 12.9. The van der Waals surface area contributed by atoms with E-state index in [9.17, 15) is 9.90 Å². The molecule has 108 valence electrons. The van der Waals surface area contributed by atoms with Crippen molar-refractivity contribution in [2.24, 2.45) is 0 Å². The minimum atomic E-state index is -0.552. The number of ether oxygens (including phenoxy) is 1. The summed E-state index contributed by atoms with van der Waals surface area (Å²) < 4.78 is 5.43. The highest BCUT2D eigenvalue weighted by Crippen LogP contribution is 2.38. The second kappa shape index (κ2) is 5.35. The summed E-state index contributed by atoms with van der Waals surface area (Å²) in [4.78, 5) is 14.6. The number of amides is 1. The predicted octanol–water partition coefficient (Wildman–Crippen LogP) is 1.59. The molecule has 3 rings (SSSR count). The average molecular weight is 296 g/mol. The Labute approximate surface area is 123 Å². The van der Waals surface area contributed by atoms with E-state index in [2.05, 4.69) is 0 Å². The lowest BCUT2D eigenvalue weighted by atomic mass is 9.72. The van der Waals surface area contributed by atoms with E-state index >= 15 is 0 Å². The summed E-state index contributed by atoms with van der Waals surface area (Å²) >= 11 is 6.09. The van der Waals surface area contributed by atoms with Crippen LogP contribution in [0.25, 0.3) is 0 Å². The van der Waals surface area contributed by atoms with Crippen LogP contribution in [0.1, 0.15) is 18.4 Å². The summed E-state index contributed by atoms with van der Waals surface area (Å²) in [6, 6.07) is 7.54. The summed E-state index contributed by atoms with van der Waals surface area (Å²) in [5.74, 6) is 0.0911. The maximum Gasteiger partial charge on any atom is 0.233 e. The zero-order valence-electron chi connectivity index (χ0n) is 11.2. The largest absolute Gasteiger partial charge is 0.389 e. The van der Waals surface area contributed by atoms with E-state index in [1.165, 1.54) is 0 Å². The minimum absolute atomic E-state index is 0.0911. The van der Waals surface area contributed by atoms with E-state index in [0.29, 0.717) is 44.2 Å². The molecule has 0 aliphatic carbocycles. The van der Waals surface area contributed by atoms with Gasteiger partial charge in [0.15, 0.2) is 0 Å². The van der Waals surface area contributed by atoms with Crippen LogP contribution in [0.4, 0.5) is 0 Å². The Kier molecular flexibility index (Phi) is 3.71. The number of β-amino-alcohol motifs (C(OH)–C–C–N with tert-alkyl or cyclic N) is 1. The molecular weight excluding hydrogens is 278 g/mol. The van der Waals surface area contributed by atoms with Gasteiger partial charge in [0, 0.05) is 31.3 Å². The highest BCUT2D eigenvalue weighted by atomic mass is 35.5. The molecule has 20 heavy (non-hydrogen) atoms. The molecule has 2 aliphatic heterocycles. The van der Waals surface area contributed by atoms with Crippen molar-refractivity contribution in [2.45, 2.75) is 24.4 Å². The second-order valence-corrected chi connectivity index (χ2v) is 6.01. The van der Waals surface area contributed by atoms with Crippen LogP contribution in [0.2, 0.25) is 5.02 Å². The number of carbonyl (C=O) groups is 1. The molecule has 2 heterocycles. The summed E-state index contributed by atoms with van der Waals surface area (Å²) in [7, 11) is 0. The number of halogens is 1. The smallest absolute Gasteiger partial charge is 0.233 e. The minimum Gasteiger partial charge on any atom is -0.389 e. The van der Waals surface area contributed by atoms with Gasteiger partial charge < -0.3 is 14.7 Å². The number of aliphatic hydroxyl groups is 1. The van der Waals surface area contributed by atoms with Gasteiger partial charge in [-0.2, -0.15) is 0 Å². The van der Waals surface area contributed by atoms with Crippen molar-refractivity contribution >= 4 is 17.5 Å². The summed E-state index contributed by atoms with van der Waals surface area (Å²) in [5, 5.41) is 10.1. The van der Waals surface area contributed by atoms with Crippen molar-refractivity contribution in [1.82, 2.24) is 4.90 Å². The first-order chi connectivity index (χ1) is 9.62. The normalized spacial score (nSPS) is 22.4. The van der Waals surface area contributed by atoms with E-state index in [-0.39, 0.29) is 12.0 Å². The van der Waals surface area contributed by atoms with Gasteiger partial charge in [0.1, 0.15) is 0 Å². The summed E-state index contributed by atoms with van der Waals surface area (Å²) in [5.41, 5.74) is 0.406. The van der Waals surface area contributed by atoms with Crippen LogP contribution in [-0.4, -0.2) is 48.3 Å². The fourth-order valence-electron chi connectivity index (χ4n) is 3.06. The highest BCUT2D eigenvalue weighted by Gasteiger charge is 2.46. The molecule has 1 aromatic rings. The lowest BCUT2D eigenvalue weighted by molar-refractivity contribution is -0.151. The van der Waals surface area contributed by atoms with Gasteiger partial charge in [0.2, 0.25) is 5.91 Å². The molecule has 0 spiro atoms. The summed E-state index contributed by atoms with van der Waals surface area (Å²) in [6.45, 7) is 2.02. The Morgan fingerprint density at radius 2 is 2.05 bits per heavy atom. The Morgan fingerprint density at radius 3 is 2.65 bits per heavy atom. The Bertz CT molecular complexity index is 508. The van der Waals surface area contributed by atoms with Crippen LogP contribution in [0.3, 0.4) is 0 Å². The van der Waals surface area contributed by atoms with Crippen molar-refractivity contribution < 1.29 is 14.6 Å². The number of rotatable bonds is 2. The molecule has 1 amide bonds. The highest BCUT2D eigenvalue weighted by molar-refractivity contribution is 6.30. The molecule has 0 bridgehead atoms. The first-order valence-electron chi connectivity index (χ1n) is 6.93. The third kappa shape index (κ3) is 2.32. The van der Waals surface area contributed by atoms with E-state index in [1.807, 2.05) is 24.3 Å². The molecule has 2 fully saturated rings. The molecule has 0 unspecified atom stereocenters. The molecule has 2 saturated heterocycles. The molecule has 4 nitrogen and oxygen atoms in total. The number of benzene rings is 1. The third-order valence-electron chi connectivity index (χ3n) is 4.28. The molecule has 0 aromatic heterocycles. The maximum absolute atomic E-state index is 12.9. The molecule has 5 heteroatoms. The van der Waals surface area contributed by atoms with Gasteiger partial charge >= 0.3 is 0 Å². The third-order valence-corrected chi connectivity index (χ3v) is 4.52. The fraction of sp³-hybridized carbons (Fsp3) is 0.533. The number of nitrogens with zero attached hydrogens (tertiary/aromatic N) is 1. The van der Waals surface area contributed by atoms with Crippen LogP contribution in [0, 0.1) is 0 Å². The average Bonchev–Trinajstić information content (AvgIpc) is 2.44. The Hall–Kier alpha value is -1.10. The van der Waals surface area contributed by atoms with E-state index in [1.54, 1.807) is 4.90 Å². The van der Waals surface area contributed by atoms with E-state index in [0.717, 1.165) is 5.56 Å². The van der Waals surface area contributed by atoms with Gasteiger partial charge in [-0.1, -0.05) is 23.7 Å². The zero-order chi connectivity index (χ0) is 14.2. The summed E-state index contributed by atoms with van der Waals surface area (Å²) in [6.07, 6.45) is 0.951. The fourth-order valence-corrected chi connectivity index (χ4v) is 3.25. The van der Waals surface area contributed by atoms with Crippen molar-refractivity contribution in [1.29, 1.82) is 0 Å². The van der Waals surface area contributed by atoms with E-state index < -0.39 is 5.41 Å². The van der Waals surface area contributed by atoms with Crippen molar-refractivity contribution in [3.8, 4) is 0 Å². The van der Waals surface area contributed by atoms with Crippen LogP contribution >= 0.6 is 11.6 Å². The van der Waals surface area contributed by atoms with E-state index in [4.69, 9.17) is 16.3 Å². The standard InChI is InChI=1S/C15H18ClNO3/c16-12-3-1-2-11(8-12)15(4-6-20-7-5-15)14(19)17-9-13(18)10-17/h1-3,8,13,18H,4-7,9-10H2. The molecule has 2 aliphatic rings. The SMILES string of the molecule is O=C(N1CC(O)C1)C1(c2cccc(Cl)c2)CCOCC1. The Morgan fingerprint density at radius 1 is 1.35 bits per heavy atom. The van der Waals surface area contributed by atoms with Crippen molar-refractivity contribution in [3.05, 3.63) is 34.9 Å². The first-order valence-corrected chi connectivity index (χ1v) is 7.31. The quantitative estimate of drug-likeness (QED) is 0.901. The number of hydrogen-bond donors (Lipinski definition) is 1.